The fourth-order valence-electron chi connectivity index (χ4n) is 3.06. The molecule has 2 fully saturated rings. The molecule has 2 N–H and O–H groups in total. The predicted octanol–water partition coefficient (Wildman–Crippen LogP) is -0.250. The fourth-order valence-corrected chi connectivity index (χ4v) is 3.06. The number of rotatable bonds is 5. The number of nitrogens with zero attached hydrogens (tertiary/aromatic N) is 2. The molecule has 2 rings (SSSR count). The Morgan fingerprint density at radius 1 is 1.39 bits per heavy atom. The third-order valence-corrected chi connectivity index (χ3v) is 4.32. The van der Waals surface area contributed by atoms with Crippen LogP contribution < -0.4 is 10.6 Å². The molecule has 2 aliphatic heterocycles. The van der Waals surface area contributed by atoms with Gasteiger partial charge in [0.05, 0.1) is 18.9 Å². The zero-order valence-electron chi connectivity index (χ0n) is 12.1. The van der Waals surface area contributed by atoms with Gasteiger partial charge >= 0.3 is 0 Å². The van der Waals surface area contributed by atoms with E-state index in [4.69, 9.17) is 4.74 Å². The summed E-state index contributed by atoms with van der Waals surface area (Å²) in [5.74, 6) is 0.678. The van der Waals surface area contributed by atoms with Crippen molar-refractivity contribution in [2.45, 2.75) is 32.2 Å². The van der Waals surface area contributed by atoms with Crippen LogP contribution in [0.3, 0.4) is 0 Å². The maximum absolute atomic E-state index is 5.22. The second kappa shape index (κ2) is 6.30. The Bertz CT molecular complexity index is 259. The largest absolute Gasteiger partial charge is 0.383 e. The monoisotopic (exact) mass is 256 g/mol. The summed E-state index contributed by atoms with van der Waals surface area (Å²) in [6.45, 7) is 9.90. The lowest BCUT2D eigenvalue weighted by molar-refractivity contribution is -0.00981. The van der Waals surface area contributed by atoms with Crippen LogP contribution in [-0.4, -0.2) is 75.1 Å². The molecule has 0 radical (unpaired) electrons. The second-order valence-electron chi connectivity index (χ2n) is 5.66. The molecule has 5 heteroatoms. The van der Waals surface area contributed by atoms with Crippen LogP contribution in [0.2, 0.25) is 0 Å². The van der Waals surface area contributed by atoms with Gasteiger partial charge in [0.15, 0.2) is 0 Å². The molecule has 0 aromatic rings. The van der Waals surface area contributed by atoms with Crippen molar-refractivity contribution < 1.29 is 4.74 Å². The first kappa shape index (κ1) is 14.2. The van der Waals surface area contributed by atoms with Gasteiger partial charge in [-0.1, -0.05) is 0 Å². The first-order valence-electron chi connectivity index (χ1n) is 7.07. The lowest BCUT2D eigenvalue weighted by Gasteiger charge is -2.50. The van der Waals surface area contributed by atoms with Crippen molar-refractivity contribution in [1.82, 2.24) is 20.4 Å². The molecule has 0 aromatic heterocycles. The molecule has 2 heterocycles. The Morgan fingerprint density at radius 2 is 2.17 bits per heavy atom. The van der Waals surface area contributed by atoms with Crippen molar-refractivity contribution in [2.24, 2.45) is 5.92 Å². The Balaban J connectivity index is 1.99. The summed E-state index contributed by atoms with van der Waals surface area (Å²) in [5, 5.41) is 6.99. The van der Waals surface area contributed by atoms with Crippen molar-refractivity contribution in [2.75, 3.05) is 46.9 Å². The molecule has 0 amide bonds. The maximum Gasteiger partial charge on any atom is 0.0680 e. The van der Waals surface area contributed by atoms with Gasteiger partial charge in [0.25, 0.3) is 0 Å². The number of hydrogen-bond donors (Lipinski definition) is 2. The zero-order valence-corrected chi connectivity index (χ0v) is 12.1. The Labute approximate surface area is 111 Å². The first-order valence-corrected chi connectivity index (χ1v) is 7.07. The topological polar surface area (TPSA) is 39.8 Å². The lowest BCUT2D eigenvalue weighted by atomic mass is 9.91. The molecule has 2 aliphatic rings. The molecule has 0 aromatic carbocycles. The minimum atomic E-state index is 0.458. The summed E-state index contributed by atoms with van der Waals surface area (Å²) in [6, 6.07) is 0.631. The summed E-state index contributed by atoms with van der Waals surface area (Å²) in [7, 11) is 3.82. The number of methoxy groups -OCH3 is 1. The molecular formula is C13H28N4O. The van der Waals surface area contributed by atoms with Crippen LogP contribution >= 0.6 is 0 Å². The standard InChI is InChI=1S/C13H28N4O/c1-10(2)17-6-5-16(7-8-18-4)13-11(9-17)12(14-3)15-13/h10-15H,5-9H2,1-4H3. The smallest absolute Gasteiger partial charge is 0.0680 e. The molecule has 18 heavy (non-hydrogen) atoms. The minimum Gasteiger partial charge on any atom is -0.383 e. The predicted molar refractivity (Wildman–Crippen MR) is 73.4 cm³/mol. The normalized spacial score (nSPS) is 34.2. The van der Waals surface area contributed by atoms with Gasteiger partial charge in [0, 0.05) is 45.2 Å². The van der Waals surface area contributed by atoms with Crippen molar-refractivity contribution in [1.29, 1.82) is 0 Å². The van der Waals surface area contributed by atoms with Crippen LogP contribution in [0.4, 0.5) is 0 Å². The molecule has 2 saturated heterocycles. The molecule has 5 nitrogen and oxygen atoms in total. The number of nitrogens with one attached hydrogen (secondary N) is 2. The van der Waals surface area contributed by atoms with E-state index in [-0.39, 0.29) is 0 Å². The van der Waals surface area contributed by atoms with E-state index >= 15 is 0 Å². The highest BCUT2D eigenvalue weighted by atomic mass is 16.5. The van der Waals surface area contributed by atoms with E-state index in [1.807, 2.05) is 7.05 Å². The third kappa shape index (κ3) is 2.86. The summed E-state index contributed by atoms with van der Waals surface area (Å²) in [6.07, 6.45) is 0.973. The molecular weight excluding hydrogens is 228 g/mol. The second-order valence-corrected chi connectivity index (χ2v) is 5.66. The minimum absolute atomic E-state index is 0.458. The van der Waals surface area contributed by atoms with Gasteiger partial charge < -0.3 is 10.1 Å². The lowest BCUT2D eigenvalue weighted by Crippen LogP contribution is -2.73. The van der Waals surface area contributed by atoms with Crippen molar-refractivity contribution in [3.05, 3.63) is 0 Å². The van der Waals surface area contributed by atoms with Crippen LogP contribution in [0.15, 0.2) is 0 Å². The van der Waals surface area contributed by atoms with E-state index in [0.717, 1.165) is 26.2 Å². The highest BCUT2D eigenvalue weighted by Crippen LogP contribution is 2.26. The van der Waals surface area contributed by atoms with E-state index in [1.165, 1.54) is 6.54 Å². The van der Waals surface area contributed by atoms with Gasteiger partial charge in [-0.3, -0.25) is 15.1 Å². The molecule has 0 spiro atoms. The van der Waals surface area contributed by atoms with Crippen molar-refractivity contribution in [3.8, 4) is 0 Å². The first-order chi connectivity index (χ1) is 8.67. The Morgan fingerprint density at radius 3 is 2.78 bits per heavy atom. The van der Waals surface area contributed by atoms with Crippen LogP contribution in [0.25, 0.3) is 0 Å². The quantitative estimate of drug-likeness (QED) is 0.710. The number of hydrogen-bond acceptors (Lipinski definition) is 5. The third-order valence-electron chi connectivity index (χ3n) is 4.32. The number of fused-ring (bicyclic) bond motifs is 1. The number of ether oxygens (including phenoxy) is 1. The average Bonchev–Trinajstić information content (AvgIpc) is 2.46. The van der Waals surface area contributed by atoms with Gasteiger partial charge in [-0.15, -0.1) is 0 Å². The van der Waals surface area contributed by atoms with E-state index in [2.05, 4.69) is 34.3 Å². The van der Waals surface area contributed by atoms with Crippen LogP contribution in [0, 0.1) is 5.92 Å². The van der Waals surface area contributed by atoms with Crippen LogP contribution in [-0.2, 0) is 4.74 Å². The average molecular weight is 256 g/mol. The van der Waals surface area contributed by atoms with E-state index in [0.29, 0.717) is 24.3 Å². The van der Waals surface area contributed by atoms with Crippen LogP contribution in [0.5, 0.6) is 0 Å². The fraction of sp³-hybridized carbons (Fsp3) is 1.00. The molecule has 0 bridgehead atoms. The van der Waals surface area contributed by atoms with E-state index < -0.39 is 0 Å². The molecule has 3 unspecified atom stereocenters. The highest BCUT2D eigenvalue weighted by molar-refractivity contribution is 4.99. The summed E-state index contributed by atoms with van der Waals surface area (Å²) >= 11 is 0. The van der Waals surface area contributed by atoms with Gasteiger partial charge in [-0.05, 0) is 20.9 Å². The maximum atomic E-state index is 5.22. The molecule has 3 atom stereocenters. The van der Waals surface area contributed by atoms with Crippen molar-refractivity contribution in [3.63, 3.8) is 0 Å². The summed E-state index contributed by atoms with van der Waals surface area (Å²) < 4.78 is 5.22. The highest BCUT2D eigenvalue weighted by Gasteiger charge is 2.45. The van der Waals surface area contributed by atoms with E-state index in [1.54, 1.807) is 7.11 Å². The SMILES string of the molecule is CNC1NC2C1CN(C(C)C)CCN2CCOC. The Hall–Kier alpha value is -0.200. The summed E-state index contributed by atoms with van der Waals surface area (Å²) in [5.41, 5.74) is 0. The van der Waals surface area contributed by atoms with Gasteiger partial charge in [-0.25, -0.2) is 0 Å². The van der Waals surface area contributed by atoms with Gasteiger partial charge in [0.2, 0.25) is 0 Å². The van der Waals surface area contributed by atoms with Gasteiger partial charge in [-0.2, -0.15) is 0 Å². The zero-order chi connectivity index (χ0) is 13.1. The molecule has 106 valence electrons. The molecule has 0 saturated carbocycles. The van der Waals surface area contributed by atoms with Gasteiger partial charge in [0.1, 0.15) is 0 Å². The van der Waals surface area contributed by atoms with Crippen molar-refractivity contribution >= 4 is 0 Å². The molecule has 0 aliphatic carbocycles. The van der Waals surface area contributed by atoms with Crippen LogP contribution in [0.1, 0.15) is 13.8 Å². The van der Waals surface area contributed by atoms with E-state index in [9.17, 15) is 0 Å². The Kier molecular flexibility index (Phi) is 4.98. The summed E-state index contributed by atoms with van der Waals surface area (Å²) in [4.78, 5) is 5.13.